The fourth-order valence-corrected chi connectivity index (χ4v) is 6.09. The zero-order valence-corrected chi connectivity index (χ0v) is 16.1. The van der Waals surface area contributed by atoms with Crippen molar-refractivity contribution in [3.05, 3.63) is 53.1 Å². The molecule has 5 atom stereocenters. The second-order valence-corrected chi connectivity index (χ2v) is 8.25. The molecule has 2 N–H and O–H groups in total. The normalized spacial score (nSPS) is 29.6. The Hall–Kier alpha value is -2.69. The van der Waals surface area contributed by atoms with E-state index in [0.29, 0.717) is 29.2 Å². The first-order chi connectivity index (χ1) is 13.6. The summed E-state index contributed by atoms with van der Waals surface area (Å²) in [4.78, 5) is 11.5. The minimum absolute atomic E-state index is 0.133. The van der Waals surface area contributed by atoms with Crippen LogP contribution in [0.15, 0.2) is 36.4 Å². The number of hydrogen-bond donors (Lipinski definition) is 2. The van der Waals surface area contributed by atoms with E-state index in [1.54, 1.807) is 20.3 Å². The summed E-state index contributed by atoms with van der Waals surface area (Å²) in [5.74, 6) is 2.80. The maximum atomic E-state index is 11.5. The number of anilines is 1. The first-order valence-electron chi connectivity index (χ1n) is 9.97. The van der Waals surface area contributed by atoms with Gasteiger partial charge in [-0.3, -0.25) is 0 Å². The van der Waals surface area contributed by atoms with Crippen LogP contribution in [0.5, 0.6) is 11.5 Å². The predicted octanol–water partition coefficient (Wildman–Crippen LogP) is 4.70. The highest BCUT2D eigenvalue weighted by Crippen LogP contribution is 2.64. The van der Waals surface area contributed by atoms with Gasteiger partial charge < -0.3 is 19.9 Å². The van der Waals surface area contributed by atoms with Crippen LogP contribution in [0.3, 0.4) is 0 Å². The van der Waals surface area contributed by atoms with Crippen molar-refractivity contribution in [3.63, 3.8) is 0 Å². The third-order valence-corrected chi connectivity index (χ3v) is 7.10. The molecule has 2 bridgehead atoms. The summed E-state index contributed by atoms with van der Waals surface area (Å²) in [7, 11) is 3.36. The molecule has 0 aromatic heterocycles. The van der Waals surface area contributed by atoms with Crippen molar-refractivity contribution in [1.82, 2.24) is 0 Å². The Kier molecular flexibility index (Phi) is 4.00. The lowest BCUT2D eigenvalue weighted by Gasteiger charge is -2.44. The molecule has 0 spiro atoms. The molecule has 2 aliphatic carbocycles. The number of hydrogen-bond acceptors (Lipinski definition) is 4. The molecule has 2 fully saturated rings. The van der Waals surface area contributed by atoms with Gasteiger partial charge in [0.1, 0.15) is 0 Å². The summed E-state index contributed by atoms with van der Waals surface area (Å²) >= 11 is 0. The van der Waals surface area contributed by atoms with Gasteiger partial charge >= 0.3 is 5.97 Å². The third-order valence-electron chi connectivity index (χ3n) is 7.10. The molecule has 0 saturated heterocycles. The van der Waals surface area contributed by atoms with Crippen molar-refractivity contribution in [2.45, 2.75) is 31.2 Å². The lowest BCUT2D eigenvalue weighted by atomic mass is 9.67. The fraction of sp³-hybridized carbons (Fsp3) is 0.435. The molecule has 5 rings (SSSR count). The van der Waals surface area contributed by atoms with Gasteiger partial charge in [0.15, 0.2) is 11.5 Å². The molecule has 5 heteroatoms. The van der Waals surface area contributed by atoms with Gasteiger partial charge in [-0.1, -0.05) is 12.1 Å². The third kappa shape index (κ3) is 2.42. The Balaban J connectivity index is 1.65. The molecule has 28 heavy (non-hydrogen) atoms. The van der Waals surface area contributed by atoms with Crippen LogP contribution in [-0.4, -0.2) is 25.3 Å². The van der Waals surface area contributed by atoms with E-state index < -0.39 is 5.97 Å². The molecule has 5 nitrogen and oxygen atoms in total. The maximum absolute atomic E-state index is 11.5. The smallest absolute Gasteiger partial charge is 0.335 e. The van der Waals surface area contributed by atoms with Crippen LogP contribution in [0.1, 0.15) is 52.7 Å². The van der Waals surface area contributed by atoms with Crippen molar-refractivity contribution in [1.29, 1.82) is 0 Å². The molecular formula is C23H25NO4. The van der Waals surface area contributed by atoms with Crippen LogP contribution in [-0.2, 0) is 0 Å². The molecule has 146 valence electrons. The monoisotopic (exact) mass is 379 g/mol. The van der Waals surface area contributed by atoms with E-state index in [-0.39, 0.29) is 6.04 Å². The number of methoxy groups -OCH3 is 2. The standard InChI is InChI=1S/C23H25NO4/c1-27-18-5-3-4-15(22(18)28-2)21-20-13-7-6-12(10-13)19(20)16-11-14(23(25)26)8-9-17(16)24-21/h3-5,8-9,11-13,19-21,24H,6-7,10H2,1-2H3,(H,25,26)/t12-,13+,19-,20+,21+/m1/s1. The first-order valence-corrected chi connectivity index (χ1v) is 9.97. The van der Waals surface area contributed by atoms with Crippen molar-refractivity contribution < 1.29 is 19.4 Å². The predicted molar refractivity (Wildman–Crippen MR) is 106 cm³/mol. The Labute approximate surface area is 164 Å². The van der Waals surface area contributed by atoms with E-state index >= 15 is 0 Å². The second-order valence-electron chi connectivity index (χ2n) is 8.25. The summed E-state index contributed by atoms with van der Waals surface area (Å²) in [6, 6.07) is 11.7. The van der Waals surface area contributed by atoms with Gasteiger partial charge in [0.2, 0.25) is 0 Å². The van der Waals surface area contributed by atoms with Crippen molar-refractivity contribution >= 4 is 11.7 Å². The van der Waals surface area contributed by atoms with Gasteiger partial charge in [0.05, 0.1) is 25.8 Å². The molecular weight excluding hydrogens is 354 g/mol. The Bertz CT molecular complexity index is 940. The van der Waals surface area contributed by atoms with Crippen LogP contribution in [0, 0.1) is 17.8 Å². The van der Waals surface area contributed by atoms with E-state index in [1.807, 2.05) is 24.3 Å². The van der Waals surface area contributed by atoms with Crippen molar-refractivity contribution in [2.24, 2.45) is 17.8 Å². The summed E-state index contributed by atoms with van der Waals surface area (Å²) in [5.41, 5.74) is 3.72. The Morgan fingerprint density at radius 1 is 1.07 bits per heavy atom. The van der Waals surface area contributed by atoms with Gasteiger partial charge in [-0.2, -0.15) is 0 Å². The van der Waals surface area contributed by atoms with E-state index in [2.05, 4.69) is 11.4 Å². The molecule has 2 saturated carbocycles. The minimum atomic E-state index is -0.862. The molecule has 0 amide bonds. The zero-order chi connectivity index (χ0) is 19.4. The zero-order valence-electron chi connectivity index (χ0n) is 16.1. The number of carboxylic acids is 1. The van der Waals surface area contributed by atoms with Crippen LogP contribution in [0.4, 0.5) is 5.69 Å². The number of carboxylic acid groups (broad SMARTS) is 1. The first kappa shape index (κ1) is 17.4. The number of carbonyl (C=O) groups is 1. The molecule has 2 aromatic carbocycles. The number of ether oxygens (including phenoxy) is 2. The molecule has 1 aliphatic heterocycles. The van der Waals surface area contributed by atoms with Gasteiger partial charge in [0.25, 0.3) is 0 Å². The van der Waals surface area contributed by atoms with E-state index in [1.165, 1.54) is 24.8 Å². The summed E-state index contributed by atoms with van der Waals surface area (Å²) in [6.07, 6.45) is 3.73. The largest absolute Gasteiger partial charge is 0.493 e. The molecule has 1 heterocycles. The molecule has 2 aromatic rings. The van der Waals surface area contributed by atoms with Gasteiger partial charge in [0, 0.05) is 11.3 Å². The summed E-state index contributed by atoms with van der Waals surface area (Å²) in [6.45, 7) is 0. The fourth-order valence-electron chi connectivity index (χ4n) is 6.09. The summed E-state index contributed by atoms with van der Waals surface area (Å²) < 4.78 is 11.3. The average Bonchev–Trinajstić information content (AvgIpc) is 3.34. The van der Waals surface area contributed by atoms with E-state index in [9.17, 15) is 9.90 Å². The number of rotatable bonds is 4. The second kappa shape index (κ2) is 6.43. The van der Waals surface area contributed by atoms with Gasteiger partial charge in [-0.15, -0.1) is 0 Å². The molecule has 0 unspecified atom stereocenters. The van der Waals surface area contributed by atoms with Gasteiger partial charge in [-0.05, 0) is 72.8 Å². The number of aromatic carboxylic acids is 1. The highest BCUT2D eigenvalue weighted by molar-refractivity contribution is 5.89. The van der Waals surface area contributed by atoms with Crippen LogP contribution < -0.4 is 14.8 Å². The van der Waals surface area contributed by atoms with Crippen LogP contribution in [0.2, 0.25) is 0 Å². The number of para-hydroxylation sites is 1. The lowest BCUT2D eigenvalue weighted by molar-refractivity contribution is 0.0696. The maximum Gasteiger partial charge on any atom is 0.335 e. The van der Waals surface area contributed by atoms with Crippen LogP contribution >= 0.6 is 0 Å². The van der Waals surface area contributed by atoms with Gasteiger partial charge in [-0.25, -0.2) is 4.79 Å². The number of fused-ring (bicyclic) bond motifs is 7. The van der Waals surface area contributed by atoms with E-state index in [0.717, 1.165) is 22.7 Å². The molecule has 3 aliphatic rings. The summed E-state index contributed by atoms with van der Waals surface area (Å²) in [5, 5.41) is 13.2. The Morgan fingerprint density at radius 3 is 2.64 bits per heavy atom. The average molecular weight is 379 g/mol. The Morgan fingerprint density at radius 2 is 1.89 bits per heavy atom. The minimum Gasteiger partial charge on any atom is -0.493 e. The SMILES string of the molecule is COc1cccc([C@@H]2Nc3ccc(C(=O)O)cc3[C@H]3[C@@H]4CC[C@@H](C4)[C@@H]32)c1OC. The highest BCUT2D eigenvalue weighted by Gasteiger charge is 2.54. The van der Waals surface area contributed by atoms with Crippen LogP contribution in [0.25, 0.3) is 0 Å². The highest BCUT2D eigenvalue weighted by atomic mass is 16.5. The topological polar surface area (TPSA) is 67.8 Å². The quantitative estimate of drug-likeness (QED) is 0.806. The van der Waals surface area contributed by atoms with Crippen molar-refractivity contribution in [3.8, 4) is 11.5 Å². The van der Waals surface area contributed by atoms with E-state index in [4.69, 9.17) is 9.47 Å². The lowest BCUT2D eigenvalue weighted by Crippen LogP contribution is -2.35. The molecule has 0 radical (unpaired) electrons. The van der Waals surface area contributed by atoms with Crippen molar-refractivity contribution in [2.75, 3.05) is 19.5 Å². The number of nitrogens with one attached hydrogen (secondary N) is 1. The number of benzene rings is 2.